The second-order valence-electron chi connectivity index (χ2n) is 18.9. The summed E-state index contributed by atoms with van der Waals surface area (Å²) in [5.74, 6) is 0. The van der Waals surface area contributed by atoms with Crippen molar-refractivity contribution in [3.63, 3.8) is 0 Å². The highest BCUT2D eigenvalue weighted by molar-refractivity contribution is 6.90. The standard InChI is InChI=1S/C62H48BN3O2/c1-3-5-15-39-27-31-41(32-28-39)64(42-33-29-40(30-34-42)16-6-4-2)43-35-36-54-52(37-43)63-58-50(48-21-13-20-47-44-17-7-10-23-53(44)66(63)59(47)48)38-51-46-19-9-12-26-57(46)68-62(51)60(58)65(54)55-24-14-22-49-45-18-8-11-25-56(45)67-61(49)55/h7-14,17-38H,3-6,15-16H2,1-2H3. The lowest BCUT2D eigenvalue weighted by Crippen LogP contribution is -2.56. The fourth-order valence-electron chi connectivity index (χ4n) is 11.8. The molecule has 68 heavy (non-hydrogen) atoms. The molecule has 9 aromatic carbocycles. The van der Waals surface area contributed by atoms with E-state index in [9.17, 15) is 0 Å². The first kappa shape index (κ1) is 39.2. The molecule has 6 heteroatoms. The zero-order chi connectivity index (χ0) is 45.0. The van der Waals surface area contributed by atoms with E-state index < -0.39 is 0 Å². The minimum absolute atomic E-state index is 0.189. The molecular weight excluding hydrogens is 830 g/mol. The number of anilines is 6. The Kier molecular flexibility index (Phi) is 8.82. The predicted molar refractivity (Wildman–Crippen MR) is 286 cm³/mol. The van der Waals surface area contributed by atoms with Crippen LogP contribution in [0.2, 0.25) is 0 Å². The van der Waals surface area contributed by atoms with Crippen LogP contribution in [0.3, 0.4) is 0 Å². The van der Waals surface area contributed by atoms with Crippen molar-refractivity contribution in [1.82, 2.24) is 4.48 Å². The van der Waals surface area contributed by atoms with E-state index in [4.69, 9.17) is 8.83 Å². The van der Waals surface area contributed by atoms with E-state index in [-0.39, 0.29) is 6.85 Å². The van der Waals surface area contributed by atoms with Crippen LogP contribution in [0.15, 0.2) is 191 Å². The summed E-state index contributed by atoms with van der Waals surface area (Å²) in [7, 11) is 0. The van der Waals surface area contributed by atoms with Crippen molar-refractivity contribution in [2.45, 2.75) is 52.4 Å². The maximum Gasteiger partial charge on any atom is 0.333 e. The molecule has 0 aliphatic carbocycles. The van der Waals surface area contributed by atoms with Gasteiger partial charge in [-0.1, -0.05) is 136 Å². The van der Waals surface area contributed by atoms with Crippen LogP contribution in [-0.2, 0) is 12.8 Å². The first-order chi connectivity index (χ1) is 33.7. The third kappa shape index (κ3) is 5.70. The molecule has 12 aromatic rings. The van der Waals surface area contributed by atoms with Crippen molar-refractivity contribution in [3.8, 4) is 11.1 Å². The molecule has 0 N–H and O–H groups in total. The van der Waals surface area contributed by atoms with Crippen molar-refractivity contribution in [3.05, 3.63) is 193 Å². The topological polar surface area (TPSA) is 37.7 Å². The van der Waals surface area contributed by atoms with Gasteiger partial charge in [-0.25, -0.2) is 0 Å². The minimum atomic E-state index is -0.189. The fraction of sp³-hybridized carbons (Fsp3) is 0.129. The van der Waals surface area contributed by atoms with Gasteiger partial charge in [0.15, 0.2) is 11.2 Å². The molecular formula is C62H48BN3O2. The van der Waals surface area contributed by atoms with E-state index in [1.165, 1.54) is 80.7 Å². The van der Waals surface area contributed by atoms with Crippen LogP contribution in [0.5, 0.6) is 0 Å². The van der Waals surface area contributed by atoms with Gasteiger partial charge in [0.05, 0.1) is 11.4 Å². The van der Waals surface area contributed by atoms with Gasteiger partial charge in [-0.15, -0.1) is 0 Å². The first-order valence-electron chi connectivity index (χ1n) is 24.5. The Balaban J connectivity index is 1.10. The zero-order valence-electron chi connectivity index (χ0n) is 38.3. The van der Waals surface area contributed by atoms with Crippen molar-refractivity contribution in [2.75, 3.05) is 9.80 Å². The van der Waals surface area contributed by atoms with Crippen molar-refractivity contribution in [2.24, 2.45) is 0 Å². The summed E-state index contributed by atoms with van der Waals surface area (Å²) < 4.78 is 16.7. The van der Waals surface area contributed by atoms with Gasteiger partial charge in [0, 0.05) is 71.7 Å². The number of para-hydroxylation sites is 5. The van der Waals surface area contributed by atoms with Crippen LogP contribution in [0.1, 0.15) is 50.7 Å². The van der Waals surface area contributed by atoms with E-state index in [0.29, 0.717) is 0 Å². The van der Waals surface area contributed by atoms with Gasteiger partial charge in [0.25, 0.3) is 0 Å². The Hall–Kier alpha value is -7.96. The molecule has 14 rings (SSSR count). The third-order valence-corrected chi connectivity index (χ3v) is 14.9. The summed E-state index contributed by atoms with van der Waals surface area (Å²) in [4.78, 5) is 4.92. The molecule has 0 saturated carbocycles. The molecule has 2 aliphatic heterocycles. The number of rotatable bonds is 10. The Morgan fingerprint density at radius 2 is 1.06 bits per heavy atom. The average molecular weight is 878 g/mol. The molecule has 0 bridgehead atoms. The van der Waals surface area contributed by atoms with E-state index in [1.807, 2.05) is 0 Å². The van der Waals surface area contributed by atoms with Gasteiger partial charge in [-0.3, -0.25) is 0 Å². The average Bonchev–Trinajstić information content (AvgIpc) is 4.07. The van der Waals surface area contributed by atoms with E-state index in [1.54, 1.807) is 0 Å². The van der Waals surface area contributed by atoms with Crippen LogP contribution in [-0.4, -0.2) is 11.3 Å². The van der Waals surface area contributed by atoms with Gasteiger partial charge < -0.3 is 23.1 Å². The Bertz CT molecular complexity index is 3920. The van der Waals surface area contributed by atoms with Gasteiger partial charge in [-0.05, 0) is 126 Å². The predicted octanol–water partition coefficient (Wildman–Crippen LogP) is 16.2. The molecule has 5 nitrogen and oxygen atoms in total. The molecule has 0 unspecified atom stereocenters. The summed E-state index contributed by atoms with van der Waals surface area (Å²) in [6, 6.07) is 67.5. The first-order valence-corrected chi connectivity index (χ1v) is 24.5. The van der Waals surface area contributed by atoms with Gasteiger partial charge >= 0.3 is 6.85 Å². The number of furan rings is 2. The largest absolute Gasteiger partial charge is 0.454 e. The van der Waals surface area contributed by atoms with E-state index >= 15 is 0 Å². The van der Waals surface area contributed by atoms with Crippen LogP contribution in [0, 0.1) is 0 Å². The number of hydrogen-bond donors (Lipinski definition) is 0. The summed E-state index contributed by atoms with van der Waals surface area (Å²) in [6.07, 6.45) is 6.88. The number of fused-ring (bicyclic) bond motifs is 14. The van der Waals surface area contributed by atoms with Gasteiger partial charge in [0.1, 0.15) is 11.2 Å². The number of aromatic nitrogens is 1. The number of nitrogens with zero attached hydrogens (tertiary/aromatic N) is 3. The lowest BCUT2D eigenvalue weighted by atomic mass is 9.45. The lowest BCUT2D eigenvalue weighted by Gasteiger charge is -2.41. The second kappa shape index (κ2) is 15.3. The highest BCUT2D eigenvalue weighted by Crippen LogP contribution is 2.52. The van der Waals surface area contributed by atoms with Crippen molar-refractivity contribution in [1.29, 1.82) is 0 Å². The molecule has 0 radical (unpaired) electrons. The maximum absolute atomic E-state index is 7.15. The van der Waals surface area contributed by atoms with Crippen molar-refractivity contribution < 1.29 is 8.83 Å². The minimum Gasteiger partial charge on any atom is -0.454 e. The van der Waals surface area contributed by atoms with Crippen LogP contribution in [0.4, 0.5) is 34.1 Å². The Morgan fingerprint density at radius 3 is 1.76 bits per heavy atom. The number of aryl methyl sites for hydroxylation is 2. The monoisotopic (exact) mass is 877 g/mol. The molecule has 2 aliphatic rings. The molecule has 0 amide bonds. The van der Waals surface area contributed by atoms with E-state index in [2.05, 4.69) is 210 Å². The van der Waals surface area contributed by atoms with Crippen molar-refractivity contribution >= 4 is 118 Å². The number of hydrogen-bond acceptors (Lipinski definition) is 4. The van der Waals surface area contributed by atoms with Gasteiger partial charge in [-0.2, -0.15) is 0 Å². The van der Waals surface area contributed by atoms with Gasteiger partial charge in [0.2, 0.25) is 0 Å². The zero-order valence-corrected chi connectivity index (χ0v) is 38.3. The van der Waals surface area contributed by atoms with Crippen LogP contribution < -0.4 is 20.7 Å². The Labute approximate surface area is 395 Å². The molecule has 0 spiro atoms. The molecule has 0 fully saturated rings. The van der Waals surface area contributed by atoms with E-state index in [0.717, 1.165) is 90.8 Å². The lowest BCUT2D eigenvalue weighted by molar-refractivity contribution is 0.666. The molecule has 0 saturated heterocycles. The molecule has 5 heterocycles. The normalized spacial score (nSPS) is 12.9. The van der Waals surface area contributed by atoms with Crippen LogP contribution >= 0.6 is 0 Å². The molecule has 326 valence electrons. The SMILES string of the molecule is CCCCc1ccc(N(c2ccc(CCCC)cc2)c2ccc3c(c2)B2c4c(cc5c(oc6ccccc65)c4N3c3cccc4c3oc3ccccc34)-c3cccc4c5ccccc5n2c34)cc1. The number of benzene rings is 9. The molecule has 3 aromatic heterocycles. The highest BCUT2D eigenvalue weighted by Gasteiger charge is 2.45. The number of unbranched alkanes of at least 4 members (excludes halogenated alkanes) is 2. The quantitative estimate of drug-likeness (QED) is 0.128. The highest BCUT2D eigenvalue weighted by atomic mass is 16.3. The smallest absolute Gasteiger partial charge is 0.333 e. The summed E-state index contributed by atoms with van der Waals surface area (Å²) in [5.41, 5.74) is 20.1. The van der Waals surface area contributed by atoms with Crippen LogP contribution in [0.25, 0.3) is 76.8 Å². The maximum atomic E-state index is 7.15. The summed E-state index contributed by atoms with van der Waals surface area (Å²) >= 11 is 0. The Morgan fingerprint density at radius 1 is 0.471 bits per heavy atom. The second-order valence-corrected chi connectivity index (χ2v) is 18.9. The third-order valence-electron chi connectivity index (χ3n) is 14.9. The fourth-order valence-corrected chi connectivity index (χ4v) is 11.8. The molecule has 0 atom stereocenters. The summed E-state index contributed by atoms with van der Waals surface area (Å²) in [6.45, 7) is 4.34. The summed E-state index contributed by atoms with van der Waals surface area (Å²) in [5, 5.41) is 6.92.